The van der Waals surface area contributed by atoms with Crippen molar-refractivity contribution >= 4 is 5.91 Å². The molecule has 1 unspecified atom stereocenters. The zero-order valence-corrected chi connectivity index (χ0v) is 11.2. The lowest BCUT2D eigenvalue weighted by Gasteiger charge is -2.23. The van der Waals surface area contributed by atoms with Crippen LogP contribution in [0.25, 0.3) is 0 Å². The Morgan fingerprint density at radius 1 is 1.32 bits per heavy atom. The molecule has 19 heavy (non-hydrogen) atoms. The number of nitrogens with two attached hydrogens (primary N) is 1. The van der Waals surface area contributed by atoms with Crippen LogP contribution in [0, 0.1) is 5.92 Å². The van der Waals surface area contributed by atoms with E-state index in [2.05, 4.69) is 5.32 Å². The molecule has 1 amide bonds. The van der Waals surface area contributed by atoms with Gasteiger partial charge in [0.1, 0.15) is 0 Å². The summed E-state index contributed by atoms with van der Waals surface area (Å²) < 4.78 is 5.30. The fourth-order valence-electron chi connectivity index (χ4n) is 2.29. The van der Waals surface area contributed by atoms with Gasteiger partial charge in [-0.25, -0.2) is 0 Å². The molecule has 1 aromatic rings. The van der Waals surface area contributed by atoms with Gasteiger partial charge in [-0.1, -0.05) is 30.3 Å². The number of hydrogen-bond donors (Lipinski definition) is 2. The molecule has 104 valence electrons. The Morgan fingerprint density at radius 3 is 2.68 bits per heavy atom. The molecule has 0 spiro atoms. The van der Waals surface area contributed by atoms with Crippen molar-refractivity contribution in [3.05, 3.63) is 35.9 Å². The van der Waals surface area contributed by atoms with Gasteiger partial charge in [0, 0.05) is 19.8 Å². The second-order valence-corrected chi connectivity index (χ2v) is 5.10. The molecule has 0 aliphatic carbocycles. The van der Waals surface area contributed by atoms with Crippen LogP contribution in [0.4, 0.5) is 0 Å². The molecule has 1 atom stereocenters. The second kappa shape index (κ2) is 7.26. The highest BCUT2D eigenvalue weighted by atomic mass is 16.5. The number of nitrogens with one attached hydrogen (secondary N) is 1. The van der Waals surface area contributed by atoms with Crippen molar-refractivity contribution in [3.8, 4) is 0 Å². The molecule has 1 aliphatic heterocycles. The van der Waals surface area contributed by atoms with E-state index in [1.165, 1.54) is 0 Å². The third-order valence-electron chi connectivity index (χ3n) is 3.54. The minimum absolute atomic E-state index is 0.0599. The van der Waals surface area contributed by atoms with Crippen LogP contribution in [0.3, 0.4) is 0 Å². The number of carbonyl (C=O) groups excluding carboxylic acids is 1. The van der Waals surface area contributed by atoms with Crippen LogP contribution in [0.1, 0.15) is 18.4 Å². The average Bonchev–Trinajstić information content (AvgIpc) is 2.47. The molecule has 0 saturated carbocycles. The van der Waals surface area contributed by atoms with Crippen molar-refractivity contribution in [2.24, 2.45) is 11.7 Å². The van der Waals surface area contributed by atoms with E-state index in [0.717, 1.165) is 31.6 Å². The van der Waals surface area contributed by atoms with E-state index in [1.54, 1.807) is 0 Å². The molecule has 0 radical (unpaired) electrons. The summed E-state index contributed by atoms with van der Waals surface area (Å²) in [7, 11) is 0. The molecule has 3 N–H and O–H groups in total. The highest BCUT2D eigenvalue weighted by Gasteiger charge is 2.17. The third kappa shape index (κ3) is 4.65. The molecule has 1 fully saturated rings. The minimum Gasteiger partial charge on any atom is -0.381 e. The Labute approximate surface area is 114 Å². The van der Waals surface area contributed by atoms with E-state index >= 15 is 0 Å². The number of hydrogen-bond acceptors (Lipinski definition) is 3. The number of benzene rings is 1. The Balaban J connectivity index is 1.73. The van der Waals surface area contributed by atoms with Crippen molar-refractivity contribution in [3.63, 3.8) is 0 Å². The molecule has 1 aromatic carbocycles. The van der Waals surface area contributed by atoms with Crippen LogP contribution in [-0.2, 0) is 16.0 Å². The first-order valence-electron chi connectivity index (χ1n) is 6.90. The largest absolute Gasteiger partial charge is 0.381 e. The zero-order chi connectivity index (χ0) is 13.5. The summed E-state index contributed by atoms with van der Waals surface area (Å²) in [6, 6.07) is 9.39. The summed E-state index contributed by atoms with van der Waals surface area (Å²) >= 11 is 0. The third-order valence-corrected chi connectivity index (χ3v) is 3.54. The molecular weight excluding hydrogens is 240 g/mol. The van der Waals surface area contributed by atoms with Crippen molar-refractivity contribution in [2.75, 3.05) is 19.8 Å². The van der Waals surface area contributed by atoms with Crippen molar-refractivity contribution in [1.29, 1.82) is 0 Å². The highest BCUT2D eigenvalue weighted by molar-refractivity contribution is 5.81. The molecule has 1 aliphatic rings. The first-order valence-corrected chi connectivity index (χ1v) is 6.90. The number of ether oxygens (including phenoxy) is 1. The Hall–Kier alpha value is -1.39. The maximum Gasteiger partial charge on any atom is 0.237 e. The zero-order valence-electron chi connectivity index (χ0n) is 11.2. The lowest BCUT2D eigenvalue weighted by molar-refractivity contribution is -0.122. The predicted octanol–water partition coefficient (Wildman–Crippen LogP) is 1.10. The summed E-state index contributed by atoms with van der Waals surface area (Å²) in [5, 5.41) is 2.95. The topological polar surface area (TPSA) is 64.4 Å². The Morgan fingerprint density at radius 2 is 2.00 bits per heavy atom. The summed E-state index contributed by atoms with van der Waals surface area (Å²) in [4.78, 5) is 11.9. The van der Waals surface area contributed by atoms with E-state index in [-0.39, 0.29) is 5.91 Å². The molecule has 1 saturated heterocycles. The number of carbonyl (C=O) groups is 1. The lowest BCUT2D eigenvalue weighted by Crippen LogP contribution is -2.44. The fourth-order valence-corrected chi connectivity index (χ4v) is 2.29. The smallest absolute Gasteiger partial charge is 0.237 e. The van der Waals surface area contributed by atoms with Gasteiger partial charge in [0.2, 0.25) is 5.91 Å². The highest BCUT2D eigenvalue weighted by Crippen LogP contribution is 2.13. The van der Waals surface area contributed by atoms with Gasteiger partial charge in [0.05, 0.1) is 6.04 Å². The standard InChI is InChI=1S/C15H22N2O2/c16-14(10-12-4-2-1-3-5-12)15(18)17-11-13-6-8-19-9-7-13/h1-5,13-14H,6-11,16H2,(H,17,18). The normalized spacial score (nSPS) is 17.9. The predicted molar refractivity (Wildman–Crippen MR) is 74.7 cm³/mol. The van der Waals surface area contributed by atoms with Crippen LogP contribution in [-0.4, -0.2) is 31.7 Å². The molecular formula is C15H22N2O2. The van der Waals surface area contributed by atoms with Crippen LogP contribution < -0.4 is 11.1 Å². The average molecular weight is 262 g/mol. The van der Waals surface area contributed by atoms with Crippen molar-refractivity contribution in [2.45, 2.75) is 25.3 Å². The first kappa shape index (κ1) is 14.0. The second-order valence-electron chi connectivity index (χ2n) is 5.10. The lowest BCUT2D eigenvalue weighted by atomic mass is 10.00. The van der Waals surface area contributed by atoms with E-state index in [9.17, 15) is 4.79 Å². The van der Waals surface area contributed by atoms with Gasteiger partial charge in [0.25, 0.3) is 0 Å². The first-order chi connectivity index (χ1) is 9.25. The van der Waals surface area contributed by atoms with Crippen LogP contribution >= 0.6 is 0 Å². The van der Waals surface area contributed by atoms with Gasteiger partial charge in [0.15, 0.2) is 0 Å². The molecule has 0 bridgehead atoms. The van der Waals surface area contributed by atoms with E-state index in [1.807, 2.05) is 30.3 Å². The Bertz CT molecular complexity index is 388. The van der Waals surface area contributed by atoms with E-state index in [4.69, 9.17) is 10.5 Å². The van der Waals surface area contributed by atoms with E-state index in [0.29, 0.717) is 18.9 Å². The maximum atomic E-state index is 11.9. The SMILES string of the molecule is NC(Cc1ccccc1)C(=O)NCC1CCOCC1. The summed E-state index contributed by atoms with van der Waals surface area (Å²) in [5.41, 5.74) is 7.02. The molecule has 2 rings (SSSR count). The molecule has 4 heteroatoms. The van der Waals surface area contributed by atoms with Gasteiger partial charge in [-0.05, 0) is 30.7 Å². The monoisotopic (exact) mass is 262 g/mol. The van der Waals surface area contributed by atoms with Gasteiger partial charge in [-0.15, -0.1) is 0 Å². The molecule has 1 heterocycles. The molecule has 0 aromatic heterocycles. The summed E-state index contributed by atoms with van der Waals surface area (Å²) in [5.74, 6) is 0.469. The Kier molecular flexibility index (Phi) is 5.36. The van der Waals surface area contributed by atoms with Crippen LogP contribution in [0.2, 0.25) is 0 Å². The maximum absolute atomic E-state index is 11.9. The molecule has 4 nitrogen and oxygen atoms in total. The van der Waals surface area contributed by atoms with Gasteiger partial charge >= 0.3 is 0 Å². The van der Waals surface area contributed by atoms with Gasteiger partial charge < -0.3 is 15.8 Å². The van der Waals surface area contributed by atoms with Crippen LogP contribution in [0.5, 0.6) is 0 Å². The summed E-state index contributed by atoms with van der Waals surface area (Å²) in [6.45, 7) is 2.32. The van der Waals surface area contributed by atoms with Crippen LogP contribution in [0.15, 0.2) is 30.3 Å². The quantitative estimate of drug-likeness (QED) is 0.835. The minimum atomic E-state index is -0.470. The van der Waals surface area contributed by atoms with Crippen molar-refractivity contribution < 1.29 is 9.53 Å². The van der Waals surface area contributed by atoms with E-state index < -0.39 is 6.04 Å². The fraction of sp³-hybridized carbons (Fsp3) is 0.533. The van der Waals surface area contributed by atoms with Crippen molar-refractivity contribution in [1.82, 2.24) is 5.32 Å². The van der Waals surface area contributed by atoms with Gasteiger partial charge in [-0.3, -0.25) is 4.79 Å². The number of amides is 1. The number of rotatable bonds is 5. The summed E-state index contributed by atoms with van der Waals surface area (Å²) in [6.07, 6.45) is 2.63. The van der Waals surface area contributed by atoms with Gasteiger partial charge in [-0.2, -0.15) is 0 Å².